The quantitative estimate of drug-likeness (QED) is 0.853. The minimum Gasteiger partial charge on any atom is -0.508 e. The molecular formula is C20H22N2O3. The van der Waals surface area contributed by atoms with Gasteiger partial charge in [0.1, 0.15) is 5.75 Å². The molecule has 0 aliphatic rings. The lowest BCUT2D eigenvalue weighted by molar-refractivity contribution is 0.475. The number of hydrogen-bond acceptors (Lipinski definition) is 3. The first-order valence-electron chi connectivity index (χ1n) is 7.86. The molecule has 0 amide bonds. The van der Waals surface area contributed by atoms with Crippen molar-refractivity contribution in [3.8, 4) is 17.0 Å². The maximum Gasteiger partial charge on any atom is 0.331 e. The van der Waals surface area contributed by atoms with Crippen LogP contribution in [0.3, 0.4) is 0 Å². The molecule has 1 N–H and O–H groups in total. The zero-order chi connectivity index (χ0) is 18.7. The zero-order valence-electron chi connectivity index (χ0n) is 14.7. The minimum absolute atomic E-state index is 0.136. The van der Waals surface area contributed by atoms with Crippen LogP contribution >= 0.6 is 0 Å². The Balaban J connectivity index is 2.74. The maximum absolute atomic E-state index is 12.8. The molecule has 0 fully saturated rings. The number of phenols is 1. The van der Waals surface area contributed by atoms with Crippen molar-refractivity contribution in [3.05, 3.63) is 87.1 Å². The van der Waals surface area contributed by atoms with Crippen molar-refractivity contribution in [2.24, 2.45) is 7.05 Å². The van der Waals surface area contributed by atoms with Crippen molar-refractivity contribution in [1.82, 2.24) is 9.13 Å². The van der Waals surface area contributed by atoms with Crippen molar-refractivity contribution < 1.29 is 5.11 Å². The molecule has 0 unspecified atom stereocenters. The molecule has 0 atom stereocenters. The molecule has 1 heterocycles. The number of rotatable bonds is 5. The zero-order valence-corrected chi connectivity index (χ0v) is 14.7. The first kappa shape index (κ1) is 18.3. The van der Waals surface area contributed by atoms with Gasteiger partial charge in [-0.05, 0) is 43.2 Å². The van der Waals surface area contributed by atoms with E-state index in [-0.39, 0.29) is 17.9 Å². The number of aromatic nitrogens is 2. The van der Waals surface area contributed by atoms with Crippen LogP contribution in [0, 0.1) is 13.8 Å². The van der Waals surface area contributed by atoms with Gasteiger partial charge in [0.15, 0.2) is 0 Å². The van der Waals surface area contributed by atoms with Crippen LogP contribution in [-0.2, 0) is 13.6 Å². The smallest absolute Gasteiger partial charge is 0.331 e. The molecule has 130 valence electrons. The number of aromatic hydroxyl groups is 1. The van der Waals surface area contributed by atoms with Crippen LogP contribution in [0.4, 0.5) is 0 Å². The summed E-state index contributed by atoms with van der Waals surface area (Å²) in [5, 5.41) is 9.60. The molecule has 2 aromatic rings. The van der Waals surface area contributed by atoms with E-state index in [4.69, 9.17) is 0 Å². The molecule has 1 aromatic heterocycles. The van der Waals surface area contributed by atoms with Crippen molar-refractivity contribution in [3.63, 3.8) is 0 Å². The van der Waals surface area contributed by atoms with Gasteiger partial charge < -0.3 is 5.11 Å². The number of hydrogen-bond donors (Lipinski definition) is 1. The lowest BCUT2D eigenvalue weighted by Gasteiger charge is -2.17. The predicted octanol–water partition coefficient (Wildman–Crippen LogP) is 2.83. The summed E-state index contributed by atoms with van der Waals surface area (Å²) in [6.45, 7) is 11.0. The second-order valence-corrected chi connectivity index (χ2v) is 5.89. The van der Waals surface area contributed by atoms with Crippen LogP contribution in [0.5, 0.6) is 5.75 Å². The Bertz CT molecular complexity index is 954. The fourth-order valence-corrected chi connectivity index (χ4v) is 2.87. The average Bonchev–Trinajstić information content (AvgIpc) is 2.58. The van der Waals surface area contributed by atoms with Gasteiger partial charge in [-0.15, -0.1) is 0 Å². The Hall–Kier alpha value is -3.08. The van der Waals surface area contributed by atoms with Crippen molar-refractivity contribution in [2.45, 2.75) is 20.4 Å². The topological polar surface area (TPSA) is 64.2 Å². The van der Waals surface area contributed by atoms with E-state index in [9.17, 15) is 14.7 Å². The Morgan fingerprint density at radius 1 is 1.24 bits per heavy atom. The van der Waals surface area contributed by atoms with Crippen LogP contribution in [0.25, 0.3) is 11.3 Å². The summed E-state index contributed by atoms with van der Waals surface area (Å²) in [5.74, 6) is 0.141. The summed E-state index contributed by atoms with van der Waals surface area (Å²) in [7, 11) is 1.64. The van der Waals surface area contributed by atoms with Gasteiger partial charge in [0.25, 0.3) is 5.56 Å². The van der Waals surface area contributed by atoms with E-state index in [0.717, 1.165) is 16.7 Å². The third kappa shape index (κ3) is 3.40. The monoisotopic (exact) mass is 338 g/mol. The summed E-state index contributed by atoms with van der Waals surface area (Å²) in [6, 6.07) is 4.86. The van der Waals surface area contributed by atoms with E-state index in [2.05, 4.69) is 13.2 Å². The first-order chi connectivity index (χ1) is 11.8. The molecule has 0 aliphatic heterocycles. The Morgan fingerprint density at radius 3 is 2.48 bits per heavy atom. The van der Waals surface area contributed by atoms with Gasteiger partial charge in [0.2, 0.25) is 0 Å². The second kappa shape index (κ2) is 7.21. The highest BCUT2D eigenvalue weighted by Gasteiger charge is 2.17. The van der Waals surface area contributed by atoms with Gasteiger partial charge in [0.05, 0.1) is 12.2 Å². The molecule has 0 saturated carbocycles. The van der Waals surface area contributed by atoms with Gasteiger partial charge in [-0.2, -0.15) is 0 Å². The molecule has 5 nitrogen and oxygen atoms in total. The van der Waals surface area contributed by atoms with Gasteiger partial charge >= 0.3 is 5.69 Å². The molecule has 0 bridgehead atoms. The highest BCUT2D eigenvalue weighted by atomic mass is 16.3. The Morgan fingerprint density at radius 2 is 1.92 bits per heavy atom. The van der Waals surface area contributed by atoms with E-state index in [0.29, 0.717) is 11.3 Å². The van der Waals surface area contributed by atoms with E-state index in [1.807, 2.05) is 6.92 Å². The van der Waals surface area contributed by atoms with E-state index >= 15 is 0 Å². The number of aryl methyl sites for hydroxylation is 1. The standard InChI is InChI=1S/C20H22N2O3/c1-6-8-15(7-2)12-22-19(24)14(4)18(21(5)20(22)25)17-10-9-16(23)11-13(17)3/h6-11,23H,1-2,12H2,3-5H3/b15-8+. The van der Waals surface area contributed by atoms with E-state index < -0.39 is 5.69 Å². The number of nitrogens with zero attached hydrogens (tertiary/aromatic N) is 2. The normalized spacial score (nSPS) is 11.4. The number of allylic oxidation sites excluding steroid dienone is 4. The average molecular weight is 338 g/mol. The summed E-state index contributed by atoms with van der Waals surface area (Å²) in [6.07, 6.45) is 4.90. The maximum atomic E-state index is 12.8. The minimum atomic E-state index is -0.408. The third-order valence-corrected chi connectivity index (χ3v) is 4.17. The predicted molar refractivity (Wildman–Crippen MR) is 101 cm³/mol. The summed E-state index contributed by atoms with van der Waals surface area (Å²) < 4.78 is 2.65. The SMILES string of the molecule is C=C/C=C(\C=C)Cn1c(=O)c(C)c(-c2ccc(O)cc2C)n(C)c1=O. The fraction of sp³-hybridized carbons (Fsp3) is 0.200. The third-order valence-electron chi connectivity index (χ3n) is 4.17. The summed E-state index contributed by atoms with van der Waals surface area (Å²) in [4.78, 5) is 25.5. The molecule has 0 spiro atoms. The summed E-state index contributed by atoms with van der Waals surface area (Å²) >= 11 is 0. The van der Waals surface area contributed by atoms with Gasteiger partial charge in [-0.25, -0.2) is 4.79 Å². The van der Waals surface area contributed by atoms with Crippen molar-refractivity contribution in [1.29, 1.82) is 0 Å². The van der Waals surface area contributed by atoms with Gasteiger partial charge in [-0.3, -0.25) is 13.9 Å². The number of benzene rings is 1. The lowest BCUT2D eigenvalue weighted by atomic mass is 10.0. The molecule has 0 radical (unpaired) electrons. The van der Waals surface area contributed by atoms with Crippen LogP contribution < -0.4 is 11.2 Å². The highest BCUT2D eigenvalue weighted by Crippen LogP contribution is 2.26. The van der Waals surface area contributed by atoms with Crippen LogP contribution in [-0.4, -0.2) is 14.2 Å². The van der Waals surface area contributed by atoms with Gasteiger partial charge in [-0.1, -0.05) is 31.4 Å². The van der Waals surface area contributed by atoms with Crippen LogP contribution in [0.1, 0.15) is 11.1 Å². The molecule has 5 heteroatoms. The highest BCUT2D eigenvalue weighted by molar-refractivity contribution is 5.67. The van der Waals surface area contributed by atoms with E-state index in [1.165, 1.54) is 9.13 Å². The molecular weight excluding hydrogens is 316 g/mol. The fourth-order valence-electron chi connectivity index (χ4n) is 2.87. The Labute approximate surface area is 146 Å². The van der Waals surface area contributed by atoms with Crippen molar-refractivity contribution in [2.75, 3.05) is 0 Å². The second-order valence-electron chi connectivity index (χ2n) is 5.89. The number of phenolic OH excluding ortho intramolecular Hbond substituents is 1. The Kier molecular flexibility index (Phi) is 5.27. The molecule has 25 heavy (non-hydrogen) atoms. The first-order valence-corrected chi connectivity index (χ1v) is 7.86. The summed E-state index contributed by atoms with van der Waals surface area (Å²) in [5.41, 5.74) is 2.52. The molecule has 2 rings (SSSR count). The van der Waals surface area contributed by atoms with Crippen molar-refractivity contribution >= 4 is 0 Å². The van der Waals surface area contributed by atoms with Gasteiger partial charge in [0, 0.05) is 18.2 Å². The lowest BCUT2D eigenvalue weighted by Crippen LogP contribution is -2.41. The van der Waals surface area contributed by atoms with E-state index in [1.54, 1.807) is 50.4 Å². The molecule has 1 aromatic carbocycles. The largest absolute Gasteiger partial charge is 0.508 e. The van der Waals surface area contributed by atoms with Crippen LogP contribution in [0.2, 0.25) is 0 Å². The molecule has 0 aliphatic carbocycles. The van der Waals surface area contributed by atoms with Crippen LogP contribution in [0.15, 0.2) is 64.7 Å². The molecule has 0 saturated heterocycles.